The van der Waals surface area contributed by atoms with Gasteiger partial charge in [0, 0.05) is 31.2 Å². The Morgan fingerprint density at radius 3 is 2.49 bits per heavy atom. The minimum atomic E-state index is -0.842. The van der Waals surface area contributed by atoms with Crippen LogP contribution < -0.4 is 10.7 Å². The molecular weight excluding hydrogens is 518 g/mol. The molecule has 1 saturated heterocycles. The highest BCUT2D eigenvalue weighted by molar-refractivity contribution is 5.92. The maximum atomic E-state index is 13.8. The van der Waals surface area contributed by atoms with Crippen LogP contribution in [-0.2, 0) is 30.3 Å². The second-order valence-corrected chi connectivity index (χ2v) is 12.2. The van der Waals surface area contributed by atoms with Gasteiger partial charge in [0.05, 0.1) is 6.61 Å². The summed E-state index contributed by atoms with van der Waals surface area (Å²) in [4.78, 5) is 53.5. The van der Waals surface area contributed by atoms with Gasteiger partial charge in [-0.2, -0.15) is 0 Å². The molecule has 1 aromatic carbocycles. The lowest BCUT2D eigenvalue weighted by molar-refractivity contribution is -0.153. The van der Waals surface area contributed by atoms with Crippen LogP contribution in [0.1, 0.15) is 84.6 Å². The molecule has 3 rings (SSSR count). The van der Waals surface area contributed by atoms with Crippen molar-refractivity contribution in [3.8, 4) is 0 Å². The second-order valence-electron chi connectivity index (χ2n) is 12.2. The number of hydrogen-bond donors (Lipinski definition) is 2. The van der Waals surface area contributed by atoms with E-state index in [0.29, 0.717) is 38.3 Å². The van der Waals surface area contributed by atoms with Crippen molar-refractivity contribution in [1.29, 1.82) is 0 Å². The van der Waals surface area contributed by atoms with Gasteiger partial charge in [-0.05, 0) is 62.3 Å². The molecule has 2 aliphatic rings. The predicted molar refractivity (Wildman–Crippen MR) is 159 cm³/mol. The monoisotopic (exact) mass is 567 g/mol. The number of ketones is 1. The Morgan fingerprint density at radius 2 is 1.76 bits per heavy atom. The van der Waals surface area contributed by atoms with Crippen LogP contribution >= 0.6 is 0 Å². The van der Waals surface area contributed by atoms with E-state index in [2.05, 4.69) is 29.8 Å². The number of allylic oxidation sites excluding steroid dienone is 2. The first-order valence-corrected chi connectivity index (χ1v) is 15.4. The molecule has 1 fully saturated rings. The lowest BCUT2D eigenvalue weighted by Crippen LogP contribution is -2.60. The van der Waals surface area contributed by atoms with Crippen molar-refractivity contribution in [2.24, 2.45) is 23.7 Å². The number of carbonyl (C=O) groups excluding carboxylic acids is 4. The molecule has 2 aliphatic heterocycles. The number of ether oxygens (including phenoxy) is 1. The third-order valence-electron chi connectivity index (χ3n) is 8.22. The summed E-state index contributed by atoms with van der Waals surface area (Å²) < 4.78 is 5.53. The fourth-order valence-electron chi connectivity index (χ4n) is 5.60. The van der Waals surface area contributed by atoms with E-state index >= 15 is 0 Å². The molecule has 5 atom stereocenters. The summed E-state index contributed by atoms with van der Waals surface area (Å²) in [7, 11) is 0. The quantitative estimate of drug-likeness (QED) is 0.403. The number of esters is 1. The van der Waals surface area contributed by atoms with E-state index < -0.39 is 18.0 Å². The Balaban J connectivity index is 1.84. The maximum Gasteiger partial charge on any atom is 0.324 e. The van der Waals surface area contributed by atoms with Crippen molar-refractivity contribution < 1.29 is 23.9 Å². The lowest BCUT2D eigenvalue weighted by Gasteiger charge is -2.35. The third kappa shape index (κ3) is 10.4. The Bertz CT molecular complexity index is 1040. The number of cyclic esters (lactones) is 1. The van der Waals surface area contributed by atoms with Crippen LogP contribution in [0.5, 0.6) is 0 Å². The molecule has 226 valence electrons. The van der Waals surface area contributed by atoms with Gasteiger partial charge in [-0.15, -0.1) is 0 Å². The molecule has 2 amide bonds. The number of nitrogens with zero attached hydrogens (tertiary/aromatic N) is 1. The number of carbonyl (C=O) groups is 4. The Hall–Kier alpha value is -3.00. The van der Waals surface area contributed by atoms with Crippen LogP contribution in [0.25, 0.3) is 0 Å². The lowest BCUT2D eigenvalue weighted by atomic mass is 9.83. The van der Waals surface area contributed by atoms with Gasteiger partial charge < -0.3 is 10.1 Å². The van der Waals surface area contributed by atoms with E-state index in [4.69, 9.17) is 4.74 Å². The van der Waals surface area contributed by atoms with Crippen molar-refractivity contribution in [3.05, 3.63) is 48.0 Å². The topological polar surface area (TPSA) is 105 Å². The molecule has 0 aromatic heterocycles. The standard InChI is InChI=1S/C33H49N3O5/c1-23(2)27-22-30(37)25(4)20-24(3)14-9-6-5-7-12-19-41-33(40)28-17-13-18-36(35-28)32(39)29(34-31(27)38)21-26-15-10-8-11-16-26/h6,8-11,15-16,23-25,27-29,35H,5,7,12-14,17-22H2,1-4H3,(H,34,38)/b9-6+/t24-,25+,27-,28-,29-/m0/s1. The summed E-state index contributed by atoms with van der Waals surface area (Å²) in [6.07, 6.45) is 10.3. The van der Waals surface area contributed by atoms with Crippen LogP contribution in [0.2, 0.25) is 0 Å². The summed E-state index contributed by atoms with van der Waals surface area (Å²) in [6.45, 7) is 8.76. The van der Waals surface area contributed by atoms with Gasteiger partial charge in [0.1, 0.15) is 17.9 Å². The van der Waals surface area contributed by atoms with Crippen molar-refractivity contribution in [2.45, 2.75) is 97.6 Å². The molecule has 41 heavy (non-hydrogen) atoms. The summed E-state index contributed by atoms with van der Waals surface area (Å²) in [6, 6.07) is 8.10. The Labute approximate surface area is 245 Å². The predicted octanol–water partition coefficient (Wildman–Crippen LogP) is 4.78. The van der Waals surface area contributed by atoms with Crippen molar-refractivity contribution >= 4 is 23.6 Å². The van der Waals surface area contributed by atoms with Crippen LogP contribution in [0.4, 0.5) is 0 Å². The zero-order chi connectivity index (χ0) is 29.8. The molecule has 8 nitrogen and oxygen atoms in total. The fraction of sp³-hybridized carbons (Fsp3) is 0.636. The number of benzene rings is 1. The average Bonchev–Trinajstić information content (AvgIpc) is 2.96. The van der Waals surface area contributed by atoms with Crippen molar-refractivity contribution in [3.63, 3.8) is 0 Å². The van der Waals surface area contributed by atoms with E-state index in [0.717, 1.165) is 37.7 Å². The van der Waals surface area contributed by atoms with Gasteiger partial charge in [0.2, 0.25) is 5.91 Å². The van der Waals surface area contributed by atoms with E-state index in [1.807, 2.05) is 51.1 Å². The average molecular weight is 568 g/mol. The first kappa shape index (κ1) is 32.5. The molecule has 1 aromatic rings. The van der Waals surface area contributed by atoms with Crippen LogP contribution in [0, 0.1) is 23.7 Å². The molecule has 2 heterocycles. The van der Waals surface area contributed by atoms with Gasteiger partial charge in [-0.3, -0.25) is 24.2 Å². The minimum Gasteiger partial charge on any atom is -0.464 e. The molecule has 0 saturated carbocycles. The van der Waals surface area contributed by atoms with Gasteiger partial charge in [-0.1, -0.05) is 70.2 Å². The number of rotatable bonds is 3. The largest absolute Gasteiger partial charge is 0.464 e. The van der Waals surface area contributed by atoms with Crippen molar-refractivity contribution in [1.82, 2.24) is 15.8 Å². The van der Waals surface area contributed by atoms with Crippen LogP contribution in [-0.4, -0.2) is 53.8 Å². The second kappa shape index (κ2) is 16.4. The molecule has 2 N–H and O–H groups in total. The van der Waals surface area contributed by atoms with E-state index in [1.54, 1.807) is 0 Å². The highest BCUT2D eigenvalue weighted by atomic mass is 16.5. The third-order valence-corrected chi connectivity index (χ3v) is 8.22. The van der Waals surface area contributed by atoms with Crippen LogP contribution in [0.3, 0.4) is 0 Å². The van der Waals surface area contributed by atoms with E-state index in [1.165, 1.54) is 5.01 Å². The summed E-state index contributed by atoms with van der Waals surface area (Å²) in [5.41, 5.74) is 3.98. The molecule has 0 radical (unpaired) electrons. The van der Waals surface area contributed by atoms with Gasteiger partial charge >= 0.3 is 5.97 Å². The Kier molecular flexibility index (Phi) is 13.0. The maximum absolute atomic E-state index is 13.8. The number of nitrogens with one attached hydrogen (secondary N) is 2. The highest BCUT2D eigenvalue weighted by Crippen LogP contribution is 2.24. The summed E-state index contributed by atoms with van der Waals surface area (Å²) in [5, 5.41) is 4.45. The fourth-order valence-corrected chi connectivity index (χ4v) is 5.60. The first-order chi connectivity index (χ1) is 19.7. The summed E-state index contributed by atoms with van der Waals surface area (Å²) >= 11 is 0. The number of Topliss-reactive ketones (excluding diaryl/α,β-unsaturated/α-hetero) is 1. The molecule has 0 aliphatic carbocycles. The van der Waals surface area contributed by atoms with Gasteiger partial charge in [0.15, 0.2) is 0 Å². The molecule has 8 heteroatoms. The molecule has 0 spiro atoms. The van der Waals surface area contributed by atoms with Gasteiger partial charge in [-0.25, -0.2) is 5.43 Å². The van der Waals surface area contributed by atoms with Gasteiger partial charge in [0.25, 0.3) is 5.91 Å². The summed E-state index contributed by atoms with van der Waals surface area (Å²) in [5.74, 6) is -1.27. The smallest absolute Gasteiger partial charge is 0.324 e. The molecular formula is C33H49N3O5. The number of hydrogen-bond acceptors (Lipinski definition) is 6. The minimum absolute atomic E-state index is 0.0724. The molecule has 0 unspecified atom stereocenters. The van der Waals surface area contributed by atoms with Crippen molar-refractivity contribution in [2.75, 3.05) is 13.2 Å². The van der Waals surface area contributed by atoms with E-state index in [9.17, 15) is 19.2 Å². The zero-order valence-electron chi connectivity index (χ0n) is 25.3. The zero-order valence-corrected chi connectivity index (χ0v) is 25.3. The highest BCUT2D eigenvalue weighted by Gasteiger charge is 2.35. The van der Waals surface area contributed by atoms with E-state index in [-0.39, 0.29) is 41.8 Å². The SMILES string of the molecule is CC(C)[C@@H]1CC(=O)[C@H](C)C[C@@H](C)C/C=C/CCCCOC(=O)[C@@H]2CCCN(N2)C(=O)[C@H](Cc2ccccc2)NC1=O. The number of hydrazine groups is 1. The first-order valence-electron chi connectivity index (χ1n) is 15.4. The molecule has 2 bridgehead atoms. The van der Waals surface area contributed by atoms with Crippen LogP contribution in [0.15, 0.2) is 42.5 Å². The normalized spacial score (nSPS) is 29.2. The Morgan fingerprint density at radius 1 is 1.00 bits per heavy atom. The number of fused-ring (bicyclic) bond motifs is 2. The number of amides is 2.